The first kappa shape index (κ1) is 27.5. The molecule has 0 unspecified atom stereocenters. The third-order valence-electron chi connectivity index (χ3n) is 5.15. The highest BCUT2D eigenvalue weighted by molar-refractivity contribution is 9.10. The highest BCUT2D eigenvalue weighted by Crippen LogP contribution is 2.34. The van der Waals surface area contributed by atoms with Gasteiger partial charge in [0.1, 0.15) is 5.75 Å². The van der Waals surface area contributed by atoms with Gasteiger partial charge in [-0.15, -0.1) is 10.2 Å². The number of ether oxygens (including phenoxy) is 2. The lowest BCUT2D eigenvalue weighted by atomic mass is 10.2. The van der Waals surface area contributed by atoms with Crippen LogP contribution < -0.4 is 14.9 Å². The first-order valence-electron chi connectivity index (χ1n) is 11.4. The second-order valence-corrected chi connectivity index (χ2v) is 9.94. The van der Waals surface area contributed by atoms with Crippen molar-refractivity contribution >= 4 is 51.4 Å². The molecule has 0 saturated carbocycles. The van der Waals surface area contributed by atoms with Gasteiger partial charge in [0.25, 0.3) is 5.91 Å². The number of benzene rings is 3. The normalized spacial score (nSPS) is 11.1. The summed E-state index contributed by atoms with van der Waals surface area (Å²) >= 11 is 10.6. The number of aromatic hydroxyl groups is 1. The summed E-state index contributed by atoms with van der Waals surface area (Å²) in [6.07, 6.45) is 1.45. The molecule has 0 radical (unpaired) electrons. The SMILES string of the molecule is CCOc1ccc(-n2c(SCC(=O)N/N=C/c3cc(Br)c(O)c(OC)c3)nnc2-c2ccc(Cl)cc2)cc1. The zero-order chi connectivity index (χ0) is 27.1. The number of nitrogens with zero attached hydrogens (tertiary/aromatic N) is 4. The summed E-state index contributed by atoms with van der Waals surface area (Å²) in [5, 5.41) is 23.8. The lowest BCUT2D eigenvalue weighted by Gasteiger charge is -2.11. The van der Waals surface area contributed by atoms with Gasteiger partial charge in [-0.3, -0.25) is 9.36 Å². The number of phenolic OH excluding ortho intramolecular Hbond substituents is 1. The Morgan fingerprint density at radius 2 is 1.92 bits per heavy atom. The van der Waals surface area contributed by atoms with Crippen molar-refractivity contribution in [2.45, 2.75) is 12.1 Å². The molecule has 2 N–H and O–H groups in total. The maximum absolute atomic E-state index is 12.5. The van der Waals surface area contributed by atoms with Crippen LogP contribution in [0.1, 0.15) is 12.5 Å². The van der Waals surface area contributed by atoms with Crippen molar-refractivity contribution in [1.82, 2.24) is 20.2 Å². The first-order valence-corrected chi connectivity index (χ1v) is 13.5. The Labute approximate surface area is 237 Å². The number of rotatable bonds is 10. The molecule has 4 rings (SSSR count). The van der Waals surface area contributed by atoms with Gasteiger partial charge >= 0.3 is 0 Å². The zero-order valence-corrected chi connectivity index (χ0v) is 23.5. The zero-order valence-electron chi connectivity index (χ0n) is 20.4. The molecule has 9 nitrogen and oxygen atoms in total. The molecule has 0 bridgehead atoms. The second kappa shape index (κ2) is 12.8. The molecule has 196 valence electrons. The van der Waals surface area contributed by atoms with E-state index in [1.54, 1.807) is 24.3 Å². The smallest absolute Gasteiger partial charge is 0.250 e. The third kappa shape index (κ3) is 6.66. The molecule has 0 aliphatic carbocycles. The third-order valence-corrected chi connectivity index (χ3v) is 6.93. The van der Waals surface area contributed by atoms with Crippen LogP contribution in [0.5, 0.6) is 17.2 Å². The topological polar surface area (TPSA) is 111 Å². The lowest BCUT2D eigenvalue weighted by molar-refractivity contribution is -0.118. The number of hydrazone groups is 1. The van der Waals surface area contributed by atoms with Crippen LogP contribution in [0.3, 0.4) is 0 Å². The van der Waals surface area contributed by atoms with Crippen LogP contribution in [-0.2, 0) is 4.79 Å². The highest BCUT2D eigenvalue weighted by atomic mass is 79.9. The van der Waals surface area contributed by atoms with Crippen molar-refractivity contribution in [3.8, 4) is 34.3 Å². The number of methoxy groups -OCH3 is 1. The Kier molecular flexibility index (Phi) is 9.27. The first-order chi connectivity index (χ1) is 18.4. The number of phenols is 1. The minimum atomic E-state index is -0.328. The van der Waals surface area contributed by atoms with Gasteiger partial charge in [0, 0.05) is 16.3 Å². The molecule has 0 saturated heterocycles. The van der Waals surface area contributed by atoms with Crippen molar-refractivity contribution in [2.24, 2.45) is 5.10 Å². The van der Waals surface area contributed by atoms with Crippen LogP contribution in [0.4, 0.5) is 0 Å². The number of hydrogen-bond acceptors (Lipinski definition) is 8. The predicted octanol–water partition coefficient (Wildman–Crippen LogP) is 5.71. The molecule has 1 amide bonds. The van der Waals surface area contributed by atoms with Crippen LogP contribution in [-0.4, -0.2) is 51.5 Å². The number of hydrogen-bond donors (Lipinski definition) is 2. The molecule has 1 heterocycles. The van der Waals surface area contributed by atoms with Crippen molar-refractivity contribution in [3.63, 3.8) is 0 Å². The maximum Gasteiger partial charge on any atom is 0.250 e. The molecule has 3 aromatic carbocycles. The van der Waals surface area contributed by atoms with Gasteiger partial charge < -0.3 is 14.6 Å². The maximum atomic E-state index is 12.5. The molecule has 12 heteroatoms. The Morgan fingerprint density at radius 3 is 2.61 bits per heavy atom. The van der Waals surface area contributed by atoms with Crippen LogP contribution in [0.15, 0.2) is 75.4 Å². The fourth-order valence-electron chi connectivity index (χ4n) is 3.41. The molecule has 4 aromatic rings. The molecule has 0 spiro atoms. The highest BCUT2D eigenvalue weighted by Gasteiger charge is 2.17. The van der Waals surface area contributed by atoms with Crippen molar-refractivity contribution in [3.05, 3.63) is 75.7 Å². The summed E-state index contributed by atoms with van der Waals surface area (Å²) in [7, 11) is 1.45. The number of carbonyl (C=O) groups excluding carboxylic acids is 1. The summed E-state index contributed by atoms with van der Waals surface area (Å²) in [6, 6.07) is 18.1. The number of aromatic nitrogens is 3. The fourth-order valence-corrected chi connectivity index (χ4v) is 4.74. The number of amides is 1. The van der Waals surface area contributed by atoms with E-state index < -0.39 is 0 Å². The van der Waals surface area contributed by atoms with Gasteiger partial charge in [0.05, 0.1) is 30.2 Å². The van der Waals surface area contributed by atoms with Gasteiger partial charge in [-0.25, -0.2) is 5.43 Å². The molecular weight excluding hydrogens is 594 g/mol. The average Bonchev–Trinajstić information content (AvgIpc) is 3.34. The van der Waals surface area contributed by atoms with Crippen molar-refractivity contribution in [1.29, 1.82) is 0 Å². The van der Waals surface area contributed by atoms with Gasteiger partial charge in [0.2, 0.25) is 0 Å². The predicted molar refractivity (Wildman–Crippen MR) is 152 cm³/mol. The summed E-state index contributed by atoms with van der Waals surface area (Å²) in [5.41, 5.74) is 4.77. The van der Waals surface area contributed by atoms with Gasteiger partial charge in [-0.05, 0) is 89.1 Å². The summed E-state index contributed by atoms with van der Waals surface area (Å²) in [4.78, 5) is 12.5. The van der Waals surface area contributed by atoms with Gasteiger partial charge in [0.15, 0.2) is 22.5 Å². The van der Waals surface area contributed by atoms with E-state index in [2.05, 4.69) is 36.7 Å². The van der Waals surface area contributed by atoms with Crippen LogP contribution >= 0.6 is 39.3 Å². The summed E-state index contributed by atoms with van der Waals surface area (Å²) < 4.78 is 13.0. The van der Waals surface area contributed by atoms with Crippen molar-refractivity contribution in [2.75, 3.05) is 19.5 Å². The largest absolute Gasteiger partial charge is 0.503 e. The minimum Gasteiger partial charge on any atom is -0.503 e. The molecule has 38 heavy (non-hydrogen) atoms. The van der Waals surface area contributed by atoms with Crippen LogP contribution in [0.2, 0.25) is 5.02 Å². The van der Waals surface area contributed by atoms with Crippen LogP contribution in [0.25, 0.3) is 17.1 Å². The lowest BCUT2D eigenvalue weighted by Crippen LogP contribution is -2.20. The Balaban J connectivity index is 1.51. The second-order valence-electron chi connectivity index (χ2n) is 7.71. The molecular formula is C26H23BrClN5O4S. The Morgan fingerprint density at radius 1 is 1.18 bits per heavy atom. The number of halogens is 2. The average molecular weight is 617 g/mol. The molecule has 0 fully saturated rings. The van der Waals surface area contributed by atoms with E-state index in [0.717, 1.165) is 17.0 Å². The van der Waals surface area contributed by atoms with E-state index in [9.17, 15) is 9.90 Å². The standard InChI is InChI=1S/C26H23BrClN5O4S/c1-3-37-20-10-8-19(9-11-20)33-25(17-4-6-18(28)7-5-17)31-32-26(33)38-15-23(34)30-29-14-16-12-21(27)24(35)22(13-16)36-2/h4-14,35H,3,15H2,1-2H3,(H,30,34)/b29-14+. The van der Waals surface area contributed by atoms with E-state index in [0.29, 0.717) is 32.6 Å². The van der Waals surface area contributed by atoms with E-state index in [1.165, 1.54) is 25.1 Å². The molecule has 0 aliphatic heterocycles. The molecule has 0 aliphatic rings. The number of thioether (sulfide) groups is 1. The quantitative estimate of drug-likeness (QED) is 0.133. The summed E-state index contributed by atoms with van der Waals surface area (Å²) in [6.45, 7) is 2.49. The van der Waals surface area contributed by atoms with Crippen LogP contribution in [0, 0.1) is 0 Å². The van der Waals surface area contributed by atoms with E-state index in [4.69, 9.17) is 21.1 Å². The number of nitrogens with one attached hydrogen (secondary N) is 1. The van der Waals surface area contributed by atoms with Gasteiger partial charge in [-0.2, -0.15) is 5.10 Å². The van der Waals surface area contributed by atoms with E-state index in [-0.39, 0.29) is 23.2 Å². The van der Waals surface area contributed by atoms with Gasteiger partial charge in [-0.1, -0.05) is 23.4 Å². The monoisotopic (exact) mass is 615 g/mol. The Bertz CT molecular complexity index is 1450. The van der Waals surface area contributed by atoms with E-state index >= 15 is 0 Å². The Hall–Kier alpha value is -3.54. The number of carbonyl (C=O) groups is 1. The van der Waals surface area contributed by atoms with E-state index in [1.807, 2.05) is 47.9 Å². The summed E-state index contributed by atoms with van der Waals surface area (Å²) in [5.74, 6) is 1.36. The molecule has 1 aromatic heterocycles. The van der Waals surface area contributed by atoms with Crippen molar-refractivity contribution < 1.29 is 19.4 Å². The minimum absolute atomic E-state index is 0.0142. The fraction of sp³-hybridized carbons (Fsp3) is 0.154. The molecule has 0 atom stereocenters.